The zero-order valence-corrected chi connectivity index (χ0v) is 27.3. The molecule has 236 valence electrons. The first-order valence-corrected chi connectivity index (χ1v) is 16.9. The molecular formula is C30H24BrClF3N3O5S2. The van der Waals surface area contributed by atoms with Crippen LogP contribution in [0.3, 0.4) is 0 Å². The predicted molar refractivity (Wildman–Crippen MR) is 172 cm³/mol. The smallest absolute Gasteiger partial charge is 0.478 e. The largest absolute Gasteiger partial charge is 0.516 e. The van der Waals surface area contributed by atoms with Gasteiger partial charge in [0.2, 0.25) is 0 Å². The van der Waals surface area contributed by atoms with Crippen LogP contribution in [0.5, 0.6) is 0 Å². The van der Waals surface area contributed by atoms with Crippen molar-refractivity contribution in [2.24, 2.45) is 0 Å². The van der Waals surface area contributed by atoms with Crippen LogP contribution < -0.4 is 4.72 Å². The number of benzene rings is 2. The zero-order valence-electron chi connectivity index (χ0n) is 23.4. The first-order chi connectivity index (χ1) is 21.3. The molecule has 8 nitrogen and oxygen atoms in total. The number of hydrogen-bond donors (Lipinski definition) is 2. The quantitative estimate of drug-likeness (QED) is 0.131. The lowest BCUT2D eigenvalue weighted by atomic mass is 10.1. The van der Waals surface area contributed by atoms with Crippen LogP contribution in [0.25, 0.3) is 28.4 Å². The molecule has 0 radical (unpaired) electrons. The van der Waals surface area contributed by atoms with Gasteiger partial charge in [0.25, 0.3) is 0 Å². The van der Waals surface area contributed by atoms with Crippen molar-refractivity contribution in [2.75, 3.05) is 4.72 Å². The Morgan fingerprint density at radius 2 is 1.96 bits per heavy atom. The molecule has 0 bridgehead atoms. The van der Waals surface area contributed by atoms with Crippen molar-refractivity contribution in [1.82, 2.24) is 9.55 Å². The van der Waals surface area contributed by atoms with Crippen LogP contribution in [-0.2, 0) is 34.2 Å². The van der Waals surface area contributed by atoms with Gasteiger partial charge < -0.3 is 14.1 Å². The number of imidazole rings is 1. The second-order valence-electron chi connectivity index (χ2n) is 9.94. The molecule has 5 rings (SSSR count). The number of aliphatic carboxylic acids is 1. The van der Waals surface area contributed by atoms with Crippen LogP contribution in [0, 0.1) is 0 Å². The SMILES string of the molecule is CCCc1nc(Cl)c(/C=C(\Cc2cccs2)C(=O)O)n1Cc1ccc2oc(-c3ccccc3NS(=O)(=O)C(F)(F)F)c(Br)c2c1. The summed E-state index contributed by atoms with van der Waals surface area (Å²) in [6.07, 6.45) is 3.12. The van der Waals surface area contributed by atoms with Gasteiger partial charge in [-0.25, -0.2) is 9.78 Å². The van der Waals surface area contributed by atoms with E-state index in [1.807, 2.05) is 35.1 Å². The third-order valence-corrected chi connectivity index (χ3v) is 9.84. The number of aromatic nitrogens is 2. The fourth-order valence-electron chi connectivity index (χ4n) is 4.71. The topological polar surface area (TPSA) is 114 Å². The number of carboxylic acid groups (broad SMARTS) is 1. The third-order valence-electron chi connectivity index (χ3n) is 6.80. The number of sulfonamides is 1. The van der Waals surface area contributed by atoms with Crippen molar-refractivity contribution < 1.29 is 35.9 Å². The summed E-state index contributed by atoms with van der Waals surface area (Å²) in [5.74, 6) is -0.269. The molecule has 0 fully saturated rings. The van der Waals surface area contributed by atoms with Crippen LogP contribution in [0.1, 0.15) is 35.3 Å². The first kappa shape index (κ1) is 32.8. The number of hydrogen-bond acceptors (Lipinski definition) is 6. The molecule has 2 N–H and O–H groups in total. The molecule has 3 aromatic heterocycles. The van der Waals surface area contributed by atoms with Crippen LogP contribution in [0.2, 0.25) is 5.15 Å². The zero-order chi connectivity index (χ0) is 32.5. The van der Waals surface area contributed by atoms with E-state index < -0.39 is 21.5 Å². The van der Waals surface area contributed by atoms with Crippen molar-refractivity contribution in [3.63, 3.8) is 0 Å². The molecule has 0 saturated heterocycles. The summed E-state index contributed by atoms with van der Waals surface area (Å²) in [5.41, 5.74) is -3.93. The number of thiophene rings is 1. The molecule has 0 aliphatic rings. The second kappa shape index (κ2) is 13.0. The maximum atomic E-state index is 13.1. The number of carbonyl (C=O) groups is 1. The van der Waals surface area contributed by atoms with E-state index in [0.29, 0.717) is 33.4 Å². The molecule has 0 atom stereocenters. The number of nitrogens with zero attached hydrogens (tertiary/aromatic N) is 2. The van der Waals surface area contributed by atoms with Gasteiger partial charge in [-0.2, -0.15) is 21.6 Å². The van der Waals surface area contributed by atoms with Gasteiger partial charge in [0, 0.05) is 40.8 Å². The number of aryl methyl sites for hydroxylation is 1. The number of alkyl halides is 3. The summed E-state index contributed by atoms with van der Waals surface area (Å²) in [7, 11) is -5.67. The standard InChI is InChI=1S/C30H24BrClF3N3O5S2/c1-2-6-25-36-28(32)23(15-18(29(39)40)14-19-7-5-12-44-19)38(25)16-17-10-11-24-21(13-17)26(31)27(43-24)20-8-3-4-9-22(20)37-45(41,42)30(33,34)35/h3-5,7-13,15,37H,2,6,14,16H2,1H3,(H,39,40)/b18-15+. The third kappa shape index (κ3) is 6.98. The highest BCUT2D eigenvalue weighted by Gasteiger charge is 2.46. The highest BCUT2D eigenvalue weighted by atomic mass is 79.9. The van der Waals surface area contributed by atoms with Crippen molar-refractivity contribution in [3.05, 3.63) is 97.1 Å². The van der Waals surface area contributed by atoms with Crippen LogP contribution in [-0.4, -0.2) is 34.6 Å². The molecular weight excluding hydrogens is 719 g/mol. The minimum absolute atomic E-state index is 0.0981. The summed E-state index contributed by atoms with van der Waals surface area (Å²) in [6.45, 7) is 2.27. The Morgan fingerprint density at radius 3 is 2.62 bits per heavy atom. The Balaban J connectivity index is 1.54. The Bertz CT molecular complexity index is 2020. The van der Waals surface area contributed by atoms with Crippen molar-refractivity contribution in [1.29, 1.82) is 0 Å². The predicted octanol–water partition coefficient (Wildman–Crippen LogP) is 8.75. The Hall–Kier alpha value is -3.59. The average Bonchev–Trinajstić information content (AvgIpc) is 3.67. The molecule has 15 heteroatoms. The highest BCUT2D eigenvalue weighted by molar-refractivity contribution is 9.10. The van der Waals surface area contributed by atoms with Gasteiger partial charge >= 0.3 is 21.5 Å². The summed E-state index contributed by atoms with van der Waals surface area (Å²) >= 11 is 11.5. The number of carboxylic acids is 1. The van der Waals surface area contributed by atoms with Crippen molar-refractivity contribution in [3.8, 4) is 11.3 Å². The van der Waals surface area contributed by atoms with Gasteiger partial charge in [-0.1, -0.05) is 42.8 Å². The van der Waals surface area contributed by atoms with Gasteiger partial charge in [0.05, 0.1) is 15.9 Å². The molecule has 0 aliphatic carbocycles. The van der Waals surface area contributed by atoms with Gasteiger partial charge in [-0.3, -0.25) is 4.72 Å². The fourth-order valence-corrected chi connectivity index (χ4v) is 6.88. The number of fused-ring (bicyclic) bond motifs is 1. The van der Waals surface area contributed by atoms with Gasteiger partial charge in [0.1, 0.15) is 11.4 Å². The van der Waals surface area contributed by atoms with Gasteiger partial charge in [-0.05, 0) is 69.7 Å². The summed E-state index contributed by atoms with van der Waals surface area (Å²) in [5, 5.41) is 12.6. The van der Waals surface area contributed by atoms with Gasteiger partial charge in [0.15, 0.2) is 10.9 Å². The monoisotopic (exact) mass is 741 g/mol. The maximum absolute atomic E-state index is 13.1. The first-order valence-electron chi connectivity index (χ1n) is 13.4. The second-order valence-corrected chi connectivity index (χ2v) is 13.8. The number of anilines is 1. The Kier molecular flexibility index (Phi) is 9.49. The van der Waals surface area contributed by atoms with E-state index in [4.69, 9.17) is 16.0 Å². The molecule has 0 unspecified atom stereocenters. The number of furan rings is 1. The van der Waals surface area contributed by atoms with Crippen molar-refractivity contribution in [2.45, 2.75) is 38.2 Å². The minimum Gasteiger partial charge on any atom is -0.478 e. The maximum Gasteiger partial charge on any atom is 0.516 e. The number of para-hydroxylation sites is 1. The van der Waals surface area contributed by atoms with Gasteiger partial charge in [-0.15, -0.1) is 11.3 Å². The van der Waals surface area contributed by atoms with Crippen LogP contribution in [0.4, 0.5) is 18.9 Å². The Morgan fingerprint density at radius 1 is 1.20 bits per heavy atom. The van der Waals surface area contributed by atoms with E-state index in [1.165, 1.54) is 29.5 Å². The molecule has 0 aliphatic heterocycles. The Labute approximate surface area is 273 Å². The summed E-state index contributed by atoms with van der Waals surface area (Å²) in [4.78, 5) is 17.6. The lowest BCUT2D eigenvalue weighted by Crippen LogP contribution is -2.30. The lowest BCUT2D eigenvalue weighted by molar-refractivity contribution is -0.132. The van der Waals surface area contributed by atoms with E-state index in [9.17, 15) is 31.5 Å². The van der Waals surface area contributed by atoms with E-state index in [0.717, 1.165) is 16.9 Å². The molecule has 2 aromatic carbocycles. The molecule has 5 aromatic rings. The average molecular weight is 743 g/mol. The lowest BCUT2D eigenvalue weighted by Gasteiger charge is -2.13. The number of nitrogens with one attached hydrogen (secondary N) is 1. The normalized spacial score (nSPS) is 12.6. The molecule has 0 saturated carbocycles. The summed E-state index contributed by atoms with van der Waals surface area (Å²) in [6, 6.07) is 14.6. The fraction of sp³-hybridized carbons (Fsp3) is 0.200. The molecule has 3 heterocycles. The van der Waals surface area contributed by atoms with E-state index in [1.54, 1.807) is 29.0 Å². The van der Waals surface area contributed by atoms with Crippen LogP contribution >= 0.6 is 38.9 Å². The molecule has 0 spiro atoms. The summed E-state index contributed by atoms with van der Waals surface area (Å²) < 4.78 is 72.8. The van der Waals surface area contributed by atoms with Crippen LogP contribution in [0.15, 0.2) is 74.4 Å². The minimum atomic E-state index is -5.67. The number of halogens is 5. The number of rotatable bonds is 11. The highest BCUT2D eigenvalue weighted by Crippen LogP contribution is 2.42. The van der Waals surface area contributed by atoms with Crippen molar-refractivity contribution >= 4 is 77.6 Å². The van der Waals surface area contributed by atoms with E-state index >= 15 is 0 Å². The molecule has 45 heavy (non-hydrogen) atoms. The molecule has 0 amide bonds. The van der Waals surface area contributed by atoms with E-state index in [-0.39, 0.29) is 40.7 Å². The van der Waals surface area contributed by atoms with E-state index in [2.05, 4.69) is 20.9 Å².